The van der Waals surface area contributed by atoms with Gasteiger partial charge in [-0.05, 0) is 87.1 Å². The highest BCUT2D eigenvalue weighted by Gasteiger charge is 2.42. The molecule has 0 aliphatic carbocycles. The molecule has 2 fully saturated rings. The van der Waals surface area contributed by atoms with Crippen LogP contribution in [0.25, 0.3) is 0 Å². The van der Waals surface area contributed by atoms with Crippen molar-refractivity contribution in [2.45, 2.75) is 50.3 Å². The highest BCUT2D eigenvalue weighted by atomic mass is 35.5. The second-order valence-electron chi connectivity index (χ2n) is 9.67. The normalized spacial score (nSPS) is 18.9. The fraction of sp³-hybridized carbons (Fsp3) is 0.500. The second-order valence-corrected chi connectivity index (χ2v) is 12.0. The zero-order chi connectivity index (χ0) is 25.1. The number of nitrogens with zero attached hydrogens (tertiary/aromatic N) is 2. The van der Waals surface area contributed by atoms with Crippen molar-refractivity contribution in [3.63, 3.8) is 0 Å². The number of benzene rings is 2. The molecule has 2 aliphatic heterocycles. The molecule has 2 aromatic carbocycles. The number of aryl methyl sites for hydroxylation is 1. The van der Waals surface area contributed by atoms with Crippen LogP contribution in [0.5, 0.6) is 5.75 Å². The van der Waals surface area contributed by atoms with Gasteiger partial charge >= 0.3 is 0 Å². The van der Waals surface area contributed by atoms with E-state index in [4.69, 9.17) is 16.3 Å². The minimum absolute atomic E-state index is 0.107. The molecule has 1 amide bonds. The first-order chi connectivity index (χ1) is 16.7. The van der Waals surface area contributed by atoms with E-state index in [1.807, 2.05) is 4.90 Å². The average Bonchev–Trinajstić information content (AvgIpc) is 2.84. The lowest BCUT2D eigenvalue weighted by atomic mass is 9.76. The molecule has 0 aromatic heterocycles. The van der Waals surface area contributed by atoms with E-state index >= 15 is 0 Å². The first kappa shape index (κ1) is 25.9. The molecule has 0 atom stereocenters. The average molecular weight is 523 g/mol. The van der Waals surface area contributed by atoms with Gasteiger partial charge in [-0.3, -0.25) is 4.79 Å². The van der Waals surface area contributed by atoms with Gasteiger partial charge < -0.3 is 9.64 Å². The van der Waals surface area contributed by atoms with Gasteiger partial charge in [0, 0.05) is 43.0 Å². The monoisotopic (exact) mass is 522 g/mol. The van der Waals surface area contributed by atoms with Crippen molar-refractivity contribution in [1.82, 2.24) is 9.21 Å². The maximum Gasteiger partial charge on any atom is 0.243 e. The summed E-state index contributed by atoms with van der Waals surface area (Å²) in [4.78, 5) is 15.2. The summed E-state index contributed by atoms with van der Waals surface area (Å²) in [5.74, 6) is 0.306. The Morgan fingerprint density at radius 2 is 1.69 bits per heavy atom. The molecule has 2 aliphatic rings. The third-order valence-corrected chi connectivity index (χ3v) is 9.44. The van der Waals surface area contributed by atoms with Crippen LogP contribution < -0.4 is 4.74 Å². The lowest BCUT2D eigenvalue weighted by molar-refractivity contribution is -0.136. The minimum Gasteiger partial charge on any atom is -0.493 e. The van der Waals surface area contributed by atoms with E-state index in [0.29, 0.717) is 42.2 Å². The molecule has 0 spiro atoms. The fourth-order valence-electron chi connectivity index (χ4n) is 4.96. The molecule has 0 bridgehead atoms. The Balaban J connectivity index is 1.50. The summed E-state index contributed by atoms with van der Waals surface area (Å²) in [5, 5.41) is 0.613. The second kappa shape index (κ2) is 10.8. The van der Waals surface area contributed by atoms with Gasteiger partial charge in [0.15, 0.2) is 0 Å². The van der Waals surface area contributed by atoms with Crippen molar-refractivity contribution in [3.8, 4) is 5.75 Å². The van der Waals surface area contributed by atoms with Crippen molar-refractivity contribution >= 4 is 27.5 Å². The van der Waals surface area contributed by atoms with Crippen LogP contribution in [-0.4, -0.2) is 56.3 Å². The number of piperidine rings is 2. The van der Waals surface area contributed by atoms with Crippen LogP contribution in [0, 0.1) is 18.2 Å². The standard InChI is InChI=1S/C26H32ClFN2O4S/c1-20-17-22(28)7-10-24(20)35(32,33)30-15-11-26(12-16-30,18-25(31)29-13-3-2-4-14-29)19-34-23-8-5-21(27)6-9-23/h5-10,17H,2-4,11-16,18-19H2,1H3. The van der Waals surface area contributed by atoms with Gasteiger partial charge in [-0.2, -0.15) is 4.31 Å². The van der Waals surface area contributed by atoms with E-state index in [-0.39, 0.29) is 23.9 Å². The Kier molecular flexibility index (Phi) is 8.03. The van der Waals surface area contributed by atoms with E-state index in [1.54, 1.807) is 31.2 Å². The number of hydrogen-bond acceptors (Lipinski definition) is 4. The predicted molar refractivity (Wildman–Crippen MR) is 134 cm³/mol. The molecule has 2 saturated heterocycles. The summed E-state index contributed by atoms with van der Waals surface area (Å²) in [6.07, 6.45) is 4.50. The highest BCUT2D eigenvalue weighted by Crippen LogP contribution is 2.39. The molecular weight excluding hydrogens is 491 g/mol. The predicted octanol–water partition coefficient (Wildman–Crippen LogP) is 5.04. The molecule has 190 valence electrons. The Bertz CT molecular complexity index is 1140. The van der Waals surface area contributed by atoms with Gasteiger partial charge in [-0.15, -0.1) is 0 Å². The lowest BCUT2D eigenvalue weighted by Gasteiger charge is -2.42. The largest absolute Gasteiger partial charge is 0.493 e. The number of hydrogen-bond donors (Lipinski definition) is 0. The zero-order valence-electron chi connectivity index (χ0n) is 20.0. The van der Waals surface area contributed by atoms with Gasteiger partial charge in [0.25, 0.3) is 0 Å². The summed E-state index contributed by atoms with van der Waals surface area (Å²) in [6, 6.07) is 10.8. The first-order valence-corrected chi connectivity index (χ1v) is 13.9. The number of likely N-dealkylation sites (tertiary alicyclic amines) is 1. The van der Waals surface area contributed by atoms with Crippen molar-refractivity contribution in [2.24, 2.45) is 5.41 Å². The number of carbonyl (C=O) groups excluding carboxylic acids is 1. The van der Waals surface area contributed by atoms with Crippen LogP contribution in [0.4, 0.5) is 4.39 Å². The molecule has 2 heterocycles. The Morgan fingerprint density at radius 1 is 1.03 bits per heavy atom. The fourth-order valence-corrected chi connectivity index (χ4v) is 6.73. The Hall–Kier alpha value is -2.16. The summed E-state index contributed by atoms with van der Waals surface area (Å²) in [5.41, 5.74) is -0.0916. The number of sulfonamides is 1. The number of amides is 1. The first-order valence-electron chi connectivity index (χ1n) is 12.1. The van der Waals surface area contributed by atoms with Gasteiger partial charge in [0.05, 0.1) is 11.5 Å². The summed E-state index contributed by atoms with van der Waals surface area (Å²) < 4.78 is 47.7. The summed E-state index contributed by atoms with van der Waals surface area (Å²) in [6.45, 7) is 4.01. The Morgan fingerprint density at radius 3 is 2.31 bits per heavy atom. The smallest absolute Gasteiger partial charge is 0.243 e. The number of carbonyl (C=O) groups is 1. The lowest BCUT2D eigenvalue weighted by Crippen LogP contribution is -2.48. The number of rotatable bonds is 7. The molecule has 0 radical (unpaired) electrons. The molecule has 6 nitrogen and oxygen atoms in total. The molecule has 9 heteroatoms. The molecular formula is C26H32ClFN2O4S. The molecule has 0 unspecified atom stereocenters. The van der Waals surface area contributed by atoms with E-state index in [0.717, 1.165) is 32.4 Å². The minimum atomic E-state index is -3.76. The number of halogens is 2. The maximum atomic E-state index is 13.5. The third-order valence-electron chi connectivity index (χ3n) is 7.13. The topological polar surface area (TPSA) is 66.9 Å². The van der Waals surface area contributed by atoms with Crippen LogP contribution in [0.15, 0.2) is 47.4 Å². The van der Waals surface area contributed by atoms with Gasteiger partial charge in [-0.25, -0.2) is 12.8 Å². The zero-order valence-corrected chi connectivity index (χ0v) is 21.6. The highest BCUT2D eigenvalue weighted by molar-refractivity contribution is 7.89. The van der Waals surface area contributed by atoms with E-state index in [9.17, 15) is 17.6 Å². The van der Waals surface area contributed by atoms with E-state index in [1.165, 1.54) is 22.5 Å². The summed E-state index contributed by atoms with van der Waals surface area (Å²) >= 11 is 5.98. The molecule has 4 rings (SSSR count). The van der Waals surface area contributed by atoms with Crippen molar-refractivity contribution in [3.05, 3.63) is 58.9 Å². The van der Waals surface area contributed by atoms with E-state index < -0.39 is 21.3 Å². The Labute approximate surface area is 212 Å². The molecule has 35 heavy (non-hydrogen) atoms. The quantitative estimate of drug-likeness (QED) is 0.511. The van der Waals surface area contributed by atoms with Crippen LogP contribution in [0.1, 0.15) is 44.1 Å². The van der Waals surface area contributed by atoms with Crippen LogP contribution in [-0.2, 0) is 14.8 Å². The van der Waals surface area contributed by atoms with Gasteiger partial charge in [-0.1, -0.05) is 11.6 Å². The van der Waals surface area contributed by atoms with Crippen molar-refractivity contribution in [2.75, 3.05) is 32.8 Å². The van der Waals surface area contributed by atoms with Crippen LogP contribution in [0.2, 0.25) is 5.02 Å². The molecule has 2 aromatic rings. The summed E-state index contributed by atoms with van der Waals surface area (Å²) in [7, 11) is -3.76. The molecule has 0 saturated carbocycles. The van der Waals surface area contributed by atoms with Gasteiger partial charge in [0.2, 0.25) is 15.9 Å². The van der Waals surface area contributed by atoms with Crippen LogP contribution >= 0.6 is 11.6 Å². The van der Waals surface area contributed by atoms with Crippen molar-refractivity contribution < 1.29 is 22.3 Å². The van der Waals surface area contributed by atoms with Crippen LogP contribution in [0.3, 0.4) is 0 Å². The maximum absolute atomic E-state index is 13.5. The third kappa shape index (κ3) is 6.16. The van der Waals surface area contributed by atoms with Crippen molar-refractivity contribution in [1.29, 1.82) is 0 Å². The van der Waals surface area contributed by atoms with Gasteiger partial charge in [0.1, 0.15) is 11.6 Å². The SMILES string of the molecule is Cc1cc(F)ccc1S(=O)(=O)N1CCC(COc2ccc(Cl)cc2)(CC(=O)N2CCCCC2)CC1. The molecule has 0 N–H and O–H groups in total. The number of ether oxygens (including phenoxy) is 1. The van der Waals surface area contributed by atoms with E-state index in [2.05, 4.69) is 0 Å².